The first kappa shape index (κ1) is 16.8. The van der Waals surface area contributed by atoms with Crippen LogP contribution in [0.25, 0.3) is 11.2 Å². The van der Waals surface area contributed by atoms with Crippen LogP contribution in [0.15, 0.2) is 34.6 Å². The molecule has 6 heteroatoms. The molecule has 0 atom stereocenters. The van der Waals surface area contributed by atoms with Gasteiger partial charge in [0.1, 0.15) is 0 Å². The van der Waals surface area contributed by atoms with Crippen molar-refractivity contribution in [2.24, 2.45) is 0 Å². The van der Waals surface area contributed by atoms with Crippen LogP contribution in [0, 0.1) is 13.8 Å². The molecule has 5 nitrogen and oxygen atoms in total. The van der Waals surface area contributed by atoms with E-state index in [1.54, 1.807) is 18.1 Å². The number of aromatic nitrogens is 4. The van der Waals surface area contributed by atoms with Gasteiger partial charge in [0.25, 0.3) is 5.65 Å². The van der Waals surface area contributed by atoms with E-state index in [2.05, 4.69) is 53.5 Å². The van der Waals surface area contributed by atoms with E-state index in [1.165, 1.54) is 28.9 Å². The van der Waals surface area contributed by atoms with E-state index in [0.29, 0.717) is 5.82 Å². The fourth-order valence-electron chi connectivity index (χ4n) is 2.74. The third-order valence-electron chi connectivity index (χ3n) is 4.07. The van der Waals surface area contributed by atoms with Gasteiger partial charge in [-0.15, -0.1) is 0 Å². The molecule has 3 rings (SSSR count). The molecule has 126 valence electrons. The summed E-state index contributed by atoms with van der Waals surface area (Å²) >= 11 is 1.63. The lowest BCUT2D eigenvalue weighted by Crippen LogP contribution is -2.35. The van der Waals surface area contributed by atoms with Crippen molar-refractivity contribution >= 4 is 28.7 Å². The molecule has 2 heterocycles. The summed E-state index contributed by atoms with van der Waals surface area (Å²) in [5.41, 5.74) is 10.3. The third kappa shape index (κ3) is 3.53. The highest BCUT2D eigenvalue weighted by Gasteiger charge is 2.19. The molecule has 2 aromatic heterocycles. The van der Waals surface area contributed by atoms with Crippen LogP contribution in [0.5, 0.6) is 0 Å². The van der Waals surface area contributed by atoms with Gasteiger partial charge >= 0.3 is 0 Å². The molecule has 3 aromatic rings. The van der Waals surface area contributed by atoms with Crippen molar-refractivity contribution in [3.05, 3.63) is 35.7 Å². The number of hydrogen-bond donors (Lipinski definition) is 2. The highest BCUT2D eigenvalue weighted by atomic mass is 32.2. The lowest BCUT2D eigenvalue weighted by molar-refractivity contribution is -0.676. The summed E-state index contributed by atoms with van der Waals surface area (Å²) in [4.78, 5) is 13.6. The Balaban J connectivity index is 1.92. The molecule has 0 amide bonds. The second-order valence-corrected chi connectivity index (χ2v) is 7.17. The Morgan fingerprint density at radius 3 is 2.83 bits per heavy atom. The molecule has 0 fully saturated rings. The van der Waals surface area contributed by atoms with Crippen LogP contribution >= 0.6 is 11.8 Å². The molecule has 0 aliphatic carbocycles. The number of benzene rings is 1. The molecule has 0 unspecified atom stereocenters. The molecular formula is C18H24N5S+. The molecule has 0 aliphatic rings. The van der Waals surface area contributed by atoms with Crippen molar-refractivity contribution in [3.63, 3.8) is 0 Å². The minimum absolute atomic E-state index is 0.497. The van der Waals surface area contributed by atoms with Crippen LogP contribution in [0.1, 0.15) is 37.3 Å². The first-order chi connectivity index (χ1) is 11.6. The fourth-order valence-corrected chi connectivity index (χ4v) is 3.59. The summed E-state index contributed by atoms with van der Waals surface area (Å²) in [6.07, 6.45) is 5.31. The zero-order valence-corrected chi connectivity index (χ0v) is 15.3. The van der Waals surface area contributed by atoms with Gasteiger partial charge in [0.15, 0.2) is 5.52 Å². The standard InChI is InChI=1S/C18H23N5S/c1-4-5-6-9-23-11-20-16(19)15-17(23)22-18(21-15)24-14-8-7-12(2)10-13(14)3/h7-8,10-11H,4-6,9H2,1-3H3,(H2,19,21,22)/p+1. The number of rotatable bonds is 6. The first-order valence-electron chi connectivity index (χ1n) is 8.37. The zero-order valence-electron chi connectivity index (χ0n) is 14.5. The molecule has 0 aliphatic heterocycles. The van der Waals surface area contributed by atoms with Gasteiger partial charge in [0.05, 0.1) is 6.54 Å². The first-order valence-corrected chi connectivity index (χ1v) is 9.19. The summed E-state index contributed by atoms with van der Waals surface area (Å²) in [6, 6.07) is 6.45. The molecular weight excluding hydrogens is 318 g/mol. The van der Waals surface area contributed by atoms with E-state index in [9.17, 15) is 0 Å². The zero-order chi connectivity index (χ0) is 17.1. The lowest BCUT2D eigenvalue weighted by Gasteiger charge is -2.02. The highest BCUT2D eigenvalue weighted by molar-refractivity contribution is 7.99. The van der Waals surface area contributed by atoms with Crippen molar-refractivity contribution in [1.29, 1.82) is 0 Å². The number of imidazole rings is 1. The summed E-state index contributed by atoms with van der Waals surface area (Å²) < 4.78 is 2.09. The van der Waals surface area contributed by atoms with Gasteiger partial charge in [-0.05, 0) is 43.7 Å². The molecule has 24 heavy (non-hydrogen) atoms. The second kappa shape index (κ2) is 7.21. The van der Waals surface area contributed by atoms with Crippen LogP contribution in [-0.2, 0) is 6.54 Å². The number of aromatic amines is 1. The number of fused-ring (bicyclic) bond motifs is 1. The predicted molar refractivity (Wildman–Crippen MR) is 98.1 cm³/mol. The van der Waals surface area contributed by atoms with E-state index in [0.717, 1.165) is 29.3 Å². The number of H-pyrrole nitrogens is 1. The molecule has 3 N–H and O–H groups in total. The van der Waals surface area contributed by atoms with Crippen molar-refractivity contribution < 1.29 is 4.57 Å². The van der Waals surface area contributed by atoms with Gasteiger partial charge in [0, 0.05) is 4.90 Å². The van der Waals surface area contributed by atoms with Crippen LogP contribution in [0.4, 0.5) is 5.82 Å². The Bertz CT molecular complexity index is 856. The van der Waals surface area contributed by atoms with Gasteiger partial charge in [0.2, 0.25) is 17.3 Å². The minimum Gasteiger partial charge on any atom is -0.368 e. The maximum Gasteiger partial charge on any atom is 0.294 e. The summed E-state index contributed by atoms with van der Waals surface area (Å²) in [6.45, 7) is 7.35. The Kier molecular flexibility index (Phi) is 5.04. The molecule has 0 saturated heterocycles. The highest BCUT2D eigenvalue weighted by Crippen LogP contribution is 2.30. The number of unbranched alkanes of at least 4 members (excludes halogenated alkanes) is 2. The van der Waals surface area contributed by atoms with E-state index in [1.807, 2.05) is 0 Å². The fraction of sp³-hybridized carbons (Fsp3) is 0.389. The second-order valence-electron chi connectivity index (χ2n) is 6.14. The number of nitrogens with zero attached hydrogens (tertiary/aromatic N) is 3. The molecule has 0 spiro atoms. The molecule has 0 bridgehead atoms. The van der Waals surface area contributed by atoms with Crippen molar-refractivity contribution in [3.8, 4) is 0 Å². The average Bonchev–Trinajstić information content (AvgIpc) is 2.97. The average molecular weight is 342 g/mol. The summed E-state index contributed by atoms with van der Waals surface area (Å²) in [5.74, 6) is 0.497. The Morgan fingerprint density at radius 2 is 2.08 bits per heavy atom. The van der Waals surface area contributed by atoms with E-state index in [-0.39, 0.29) is 0 Å². The van der Waals surface area contributed by atoms with Gasteiger partial charge in [-0.2, -0.15) is 0 Å². The van der Waals surface area contributed by atoms with Crippen LogP contribution < -0.4 is 10.3 Å². The quantitative estimate of drug-likeness (QED) is 0.528. The van der Waals surface area contributed by atoms with E-state index < -0.39 is 0 Å². The van der Waals surface area contributed by atoms with E-state index in [4.69, 9.17) is 10.7 Å². The smallest absolute Gasteiger partial charge is 0.294 e. The summed E-state index contributed by atoms with van der Waals surface area (Å²) in [7, 11) is 0. The topological polar surface area (TPSA) is 71.5 Å². The number of nitrogens with one attached hydrogen (secondary N) is 1. The van der Waals surface area contributed by atoms with Crippen LogP contribution in [-0.4, -0.2) is 15.0 Å². The van der Waals surface area contributed by atoms with Crippen molar-refractivity contribution in [1.82, 2.24) is 15.0 Å². The number of hydrogen-bond acceptors (Lipinski definition) is 4. The van der Waals surface area contributed by atoms with Crippen molar-refractivity contribution in [2.45, 2.75) is 56.6 Å². The predicted octanol–water partition coefficient (Wildman–Crippen LogP) is 3.79. The summed E-state index contributed by atoms with van der Waals surface area (Å²) in [5, 5.41) is 0.848. The minimum atomic E-state index is 0.497. The number of aryl methyl sites for hydroxylation is 3. The van der Waals surface area contributed by atoms with Gasteiger partial charge in [-0.3, -0.25) is 0 Å². The van der Waals surface area contributed by atoms with Gasteiger partial charge in [-0.1, -0.05) is 47.4 Å². The van der Waals surface area contributed by atoms with E-state index >= 15 is 0 Å². The normalized spacial score (nSPS) is 11.3. The molecule has 1 aromatic carbocycles. The van der Waals surface area contributed by atoms with Gasteiger partial charge in [-0.25, -0.2) is 4.57 Å². The molecule has 0 radical (unpaired) electrons. The van der Waals surface area contributed by atoms with Gasteiger partial charge < -0.3 is 10.7 Å². The van der Waals surface area contributed by atoms with Crippen LogP contribution in [0.3, 0.4) is 0 Å². The monoisotopic (exact) mass is 342 g/mol. The Morgan fingerprint density at radius 1 is 1.25 bits per heavy atom. The maximum absolute atomic E-state index is 6.03. The Labute approximate surface area is 146 Å². The number of anilines is 1. The Hall–Kier alpha value is -2.08. The largest absolute Gasteiger partial charge is 0.368 e. The number of nitrogens with two attached hydrogens (primary N) is 1. The lowest BCUT2D eigenvalue weighted by atomic mass is 10.2. The number of nitrogen functional groups attached to an aromatic ring is 1. The molecule has 0 saturated carbocycles. The maximum atomic E-state index is 6.03. The third-order valence-corrected chi connectivity index (χ3v) is 5.13. The van der Waals surface area contributed by atoms with Crippen LogP contribution in [0.2, 0.25) is 0 Å². The van der Waals surface area contributed by atoms with Crippen molar-refractivity contribution in [2.75, 3.05) is 5.73 Å². The SMILES string of the molecule is CCCCC[n+]1cnc(N)c2[nH]c(Sc3ccc(C)cc3C)nc21.